The Morgan fingerprint density at radius 2 is 1.66 bits per heavy atom. The summed E-state index contributed by atoms with van der Waals surface area (Å²) in [5, 5.41) is 9.33. The van der Waals surface area contributed by atoms with E-state index in [0.29, 0.717) is 21.8 Å². The van der Waals surface area contributed by atoms with Gasteiger partial charge in [-0.2, -0.15) is 0 Å². The Morgan fingerprint density at radius 3 is 2.28 bits per heavy atom. The molecule has 0 spiro atoms. The summed E-state index contributed by atoms with van der Waals surface area (Å²) in [5.74, 6) is 1.67. The van der Waals surface area contributed by atoms with E-state index in [1.165, 1.54) is 12.8 Å². The van der Waals surface area contributed by atoms with Gasteiger partial charge in [-0.25, -0.2) is 8.42 Å². The predicted molar refractivity (Wildman–Crippen MR) is 130 cm³/mol. The van der Waals surface area contributed by atoms with Crippen molar-refractivity contribution in [1.29, 1.82) is 0 Å². The average Bonchev–Trinajstić information content (AvgIpc) is 2.77. The molecule has 1 fully saturated rings. The van der Waals surface area contributed by atoms with Crippen LogP contribution in [0.5, 0.6) is 0 Å². The molecular formula is C24H27ClN4O2S. The van der Waals surface area contributed by atoms with E-state index in [4.69, 9.17) is 11.6 Å². The molecule has 1 saturated heterocycles. The molecule has 0 atom stereocenters. The minimum atomic E-state index is -3.72. The maximum absolute atomic E-state index is 12.9. The van der Waals surface area contributed by atoms with Crippen LogP contribution in [0.4, 0.5) is 11.5 Å². The second kappa shape index (κ2) is 9.08. The Balaban J connectivity index is 1.48. The van der Waals surface area contributed by atoms with Gasteiger partial charge in [0.2, 0.25) is 0 Å². The van der Waals surface area contributed by atoms with Crippen molar-refractivity contribution in [2.24, 2.45) is 5.92 Å². The normalized spacial score (nSPS) is 15.1. The van der Waals surface area contributed by atoms with Gasteiger partial charge < -0.3 is 4.90 Å². The highest BCUT2D eigenvalue weighted by molar-refractivity contribution is 7.92. The lowest BCUT2D eigenvalue weighted by molar-refractivity contribution is 0.436. The number of aryl methyl sites for hydroxylation is 2. The molecule has 8 heteroatoms. The lowest BCUT2D eigenvalue weighted by Gasteiger charge is -2.30. The minimum Gasteiger partial charge on any atom is -0.355 e. The molecule has 1 aromatic heterocycles. The van der Waals surface area contributed by atoms with Crippen LogP contribution in [0.3, 0.4) is 0 Å². The van der Waals surface area contributed by atoms with E-state index in [0.717, 1.165) is 36.1 Å². The molecule has 0 aliphatic carbocycles. The molecule has 1 N–H and O–H groups in total. The number of halogens is 1. The van der Waals surface area contributed by atoms with Crippen molar-refractivity contribution in [3.05, 3.63) is 64.7 Å². The summed E-state index contributed by atoms with van der Waals surface area (Å²) in [6, 6.07) is 14.4. The Labute approximate surface area is 194 Å². The third kappa shape index (κ3) is 4.89. The molecule has 0 saturated carbocycles. The number of rotatable bonds is 5. The molecule has 6 nitrogen and oxygen atoms in total. The Kier molecular flexibility index (Phi) is 6.40. The number of hydrogen-bond acceptors (Lipinski definition) is 5. The van der Waals surface area contributed by atoms with E-state index in [-0.39, 0.29) is 4.90 Å². The van der Waals surface area contributed by atoms with Gasteiger partial charge >= 0.3 is 0 Å². The lowest BCUT2D eigenvalue weighted by Crippen LogP contribution is -2.33. The smallest absolute Gasteiger partial charge is 0.262 e. The number of benzene rings is 2. The van der Waals surface area contributed by atoms with Crippen molar-refractivity contribution in [3.63, 3.8) is 0 Å². The fourth-order valence-electron chi connectivity index (χ4n) is 3.85. The van der Waals surface area contributed by atoms with Crippen LogP contribution in [0.15, 0.2) is 53.4 Å². The third-order valence-corrected chi connectivity index (χ3v) is 7.87. The number of piperidine rings is 1. The molecule has 1 aliphatic heterocycles. The monoisotopic (exact) mass is 470 g/mol. The zero-order chi connectivity index (χ0) is 22.9. The Bertz CT molecular complexity index is 1200. The van der Waals surface area contributed by atoms with Gasteiger partial charge in [-0.1, -0.05) is 30.7 Å². The standard InChI is InChI=1S/C24H27ClN4O2S/c1-16-10-12-29(13-11-16)24-9-8-22(26-27-24)19-4-6-20(7-5-19)28-32(30,31)23-15-17(2)21(25)14-18(23)3/h4-9,14-16,28H,10-13H2,1-3H3. The second-order valence-corrected chi connectivity index (χ2v) is 10.6. The highest BCUT2D eigenvalue weighted by atomic mass is 35.5. The van der Waals surface area contributed by atoms with Gasteiger partial charge in [0.1, 0.15) is 0 Å². The fourth-order valence-corrected chi connectivity index (χ4v) is 5.44. The molecule has 3 aromatic rings. The van der Waals surface area contributed by atoms with Crippen LogP contribution in [0.2, 0.25) is 5.02 Å². The summed E-state index contributed by atoms with van der Waals surface area (Å²) in [5.41, 5.74) is 3.42. The maximum Gasteiger partial charge on any atom is 0.262 e. The zero-order valence-electron chi connectivity index (χ0n) is 18.5. The van der Waals surface area contributed by atoms with Gasteiger partial charge in [0.15, 0.2) is 5.82 Å². The second-order valence-electron chi connectivity index (χ2n) is 8.50. The van der Waals surface area contributed by atoms with E-state index in [1.54, 1.807) is 38.1 Å². The van der Waals surface area contributed by atoms with Crippen LogP contribution in [0.25, 0.3) is 11.3 Å². The van der Waals surface area contributed by atoms with Gasteiger partial charge in [-0.05, 0) is 80.1 Å². The molecule has 2 heterocycles. The van der Waals surface area contributed by atoms with E-state index in [1.807, 2.05) is 24.3 Å². The van der Waals surface area contributed by atoms with E-state index in [2.05, 4.69) is 26.7 Å². The average molecular weight is 471 g/mol. The molecule has 0 amide bonds. The largest absolute Gasteiger partial charge is 0.355 e. The van der Waals surface area contributed by atoms with E-state index < -0.39 is 10.0 Å². The van der Waals surface area contributed by atoms with Crippen molar-refractivity contribution < 1.29 is 8.42 Å². The summed E-state index contributed by atoms with van der Waals surface area (Å²) >= 11 is 6.10. The predicted octanol–water partition coefficient (Wildman–Crippen LogP) is 5.45. The summed E-state index contributed by atoms with van der Waals surface area (Å²) in [4.78, 5) is 2.49. The van der Waals surface area contributed by atoms with Gasteiger partial charge in [0.05, 0.1) is 10.6 Å². The van der Waals surface area contributed by atoms with E-state index in [9.17, 15) is 8.42 Å². The number of hydrogen-bond donors (Lipinski definition) is 1. The highest BCUT2D eigenvalue weighted by Gasteiger charge is 2.19. The van der Waals surface area contributed by atoms with Gasteiger partial charge in [-0.3, -0.25) is 4.72 Å². The number of aromatic nitrogens is 2. The quantitative estimate of drug-likeness (QED) is 0.536. The molecule has 0 radical (unpaired) electrons. The molecule has 0 bridgehead atoms. The molecule has 168 valence electrons. The number of anilines is 2. The van der Waals surface area contributed by atoms with Crippen LogP contribution in [-0.4, -0.2) is 31.7 Å². The van der Waals surface area contributed by atoms with Gasteiger partial charge in [0, 0.05) is 29.4 Å². The number of nitrogens with zero attached hydrogens (tertiary/aromatic N) is 3. The number of sulfonamides is 1. The minimum absolute atomic E-state index is 0.219. The van der Waals surface area contributed by atoms with Crippen molar-refractivity contribution in [2.45, 2.75) is 38.5 Å². The summed E-state index contributed by atoms with van der Waals surface area (Å²) in [7, 11) is -3.72. The zero-order valence-corrected chi connectivity index (χ0v) is 20.0. The first kappa shape index (κ1) is 22.6. The first-order valence-electron chi connectivity index (χ1n) is 10.7. The van der Waals surface area contributed by atoms with Crippen LogP contribution in [-0.2, 0) is 10.0 Å². The maximum atomic E-state index is 12.9. The Morgan fingerprint density at radius 1 is 0.969 bits per heavy atom. The lowest BCUT2D eigenvalue weighted by atomic mass is 9.99. The topological polar surface area (TPSA) is 75.2 Å². The van der Waals surface area contributed by atoms with Crippen LogP contribution in [0, 0.1) is 19.8 Å². The first-order valence-corrected chi connectivity index (χ1v) is 12.6. The molecule has 0 unspecified atom stereocenters. The van der Waals surface area contributed by atoms with Crippen LogP contribution >= 0.6 is 11.6 Å². The van der Waals surface area contributed by atoms with Crippen molar-refractivity contribution in [1.82, 2.24) is 10.2 Å². The third-order valence-electron chi connectivity index (χ3n) is 5.94. The van der Waals surface area contributed by atoms with Gasteiger partial charge in [-0.15, -0.1) is 10.2 Å². The molecule has 32 heavy (non-hydrogen) atoms. The van der Waals surface area contributed by atoms with E-state index >= 15 is 0 Å². The molecule has 4 rings (SSSR count). The molecular weight excluding hydrogens is 444 g/mol. The summed E-state index contributed by atoms with van der Waals surface area (Å²) in [6.45, 7) is 7.82. The van der Waals surface area contributed by atoms with Crippen molar-refractivity contribution in [3.8, 4) is 11.3 Å². The SMILES string of the molecule is Cc1cc(S(=O)(=O)Nc2ccc(-c3ccc(N4CCC(C)CC4)nn3)cc2)c(C)cc1Cl. The highest BCUT2D eigenvalue weighted by Crippen LogP contribution is 2.27. The molecule has 2 aromatic carbocycles. The van der Waals surface area contributed by atoms with Crippen LogP contribution in [0.1, 0.15) is 30.9 Å². The first-order chi connectivity index (χ1) is 15.2. The fraction of sp³-hybridized carbons (Fsp3) is 0.333. The summed E-state index contributed by atoms with van der Waals surface area (Å²) in [6.07, 6.45) is 2.35. The number of nitrogens with one attached hydrogen (secondary N) is 1. The summed E-state index contributed by atoms with van der Waals surface area (Å²) < 4.78 is 28.4. The molecule has 1 aliphatic rings. The van der Waals surface area contributed by atoms with Crippen molar-refractivity contribution in [2.75, 3.05) is 22.7 Å². The van der Waals surface area contributed by atoms with Crippen molar-refractivity contribution >= 4 is 33.1 Å². The van der Waals surface area contributed by atoms with Crippen LogP contribution < -0.4 is 9.62 Å². The van der Waals surface area contributed by atoms with Gasteiger partial charge in [0.25, 0.3) is 10.0 Å². The Hall–Kier alpha value is -2.64.